The van der Waals surface area contributed by atoms with Crippen molar-refractivity contribution in [1.29, 1.82) is 0 Å². The Kier molecular flexibility index (Phi) is 8.77. The Morgan fingerprint density at radius 1 is 1.27 bits per heavy atom. The first-order chi connectivity index (χ1) is 17.4. The Balaban J connectivity index is 1.96. The number of esters is 1. The highest BCUT2D eigenvalue weighted by Crippen LogP contribution is 2.37. The highest BCUT2D eigenvalue weighted by atomic mass is 35.5. The van der Waals surface area contributed by atoms with E-state index in [-0.39, 0.29) is 23.0 Å². The van der Waals surface area contributed by atoms with Crippen LogP contribution in [-0.2, 0) is 14.9 Å². The van der Waals surface area contributed by atoms with Crippen molar-refractivity contribution in [3.05, 3.63) is 69.4 Å². The van der Waals surface area contributed by atoms with E-state index < -0.39 is 23.5 Å². The van der Waals surface area contributed by atoms with E-state index in [2.05, 4.69) is 26.5 Å². The lowest BCUT2D eigenvalue weighted by atomic mass is 9.82. The average Bonchev–Trinajstić information content (AvgIpc) is 2.80. The van der Waals surface area contributed by atoms with Gasteiger partial charge in [-0.25, -0.2) is 9.59 Å². The SMILES string of the molecule is CCOC(=O)C1=C(C)NC(=O)NC1c1cc(/C=N/NC(=S)Nc2ccc(Cl)cc2)c(O)c(C(C)(C)C)c1. The number of phenols is 1. The summed E-state index contributed by atoms with van der Waals surface area (Å²) in [5.74, 6) is -0.518. The van der Waals surface area contributed by atoms with Gasteiger partial charge in [0.05, 0.1) is 24.4 Å². The van der Waals surface area contributed by atoms with E-state index in [1.165, 1.54) is 6.21 Å². The molecular formula is C26H30ClN5O4S. The van der Waals surface area contributed by atoms with E-state index >= 15 is 0 Å². The summed E-state index contributed by atoms with van der Waals surface area (Å²) in [7, 11) is 0. The molecule has 0 saturated carbocycles. The van der Waals surface area contributed by atoms with Crippen LogP contribution >= 0.6 is 23.8 Å². The summed E-state index contributed by atoms with van der Waals surface area (Å²) in [6.07, 6.45) is 1.42. The number of ether oxygens (including phenoxy) is 1. The standard InChI is InChI=1S/C26H30ClN5O4S/c1-6-36-23(34)20-14(2)29-24(35)31-21(20)15-11-16(22(33)19(12-15)26(3,4)5)13-28-32-25(37)30-18-9-7-17(27)8-10-18/h7-13,21,33H,6H2,1-5H3,(H2,29,31,35)(H2,30,32,37)/b28-13+. The van der Waals surface area contributed by atoms with E-state index in [0.29, 0.717) is 27.4 Å². The Morgan fingerprint density at radius 3 is 2.57 bits per heavy atom. The molecule has 9 nitrogen and oxygen atoms in total. The maximum atomic E-state index is 12.8. The van der Waals surface area contributed by atoms with Crippen molar-refractivity contribution >= 4 is 52.8 Å². The number of aromatic hydroxyl groups is 1. The lowest BCUT2D eigenvalue weighted by Gasteiger charge is -2.30. The van der Waals surface area contributed by atoms with Crippen LogP contribution in [0.15, 0.2) is 52.8 Å². The summed E-state index contributed by atoms with van der Waals surface area (Å²) >= 11 is 11.2. The molecule has 0 spiro atoms. The van der Waals surface area contributed by atoms with Crippen molar-refractivity contribution < 1.29 is 19.4 Å². The second-order valence-electron chi connectivity index (χ2n) is 9.38. The molecule has 5 N–H and O–H groups in total. The number of nitrogens with one attached hydrogen (secondary N) is 4. The molecule has 3 rings (SSSR count). The third-order valence-corrected chi connectivity index (χ3v) is 5.98. The molecule has 2 amide bonds. The van der Waals surface area contributed by atoms with Gasteiger partial charge in [0.15, 0.2) is 5.11 Å². The monoisotopic (exact) mass is 543 g/mol. The number of urea groups is 1. The molecule has 1 aliphatic heterocycles. The van der Waals surface area contributed by atoms with Gasteiger partial charge in [0.25, 0.3) is 0 Å². The number of hydrazone groups is 1. The summed E-state index contributed by atoms with van der Waals surface area (Å²) in [5.41, 5.74) is 5.24. The van der Waals surface area contributed by atoms with Crippen LogP contribution < -0.4 is 21.4 Å². The maximum Gasteiger partial charge on any atom is 0.338 e. The van der Waals surface area contributed by atoms with E-state index in [1.54, 1.807) is 50.2 Å². The Labute approximate surface area is 226 Å². The fraction of sp³-hybridized carbons (Fsp3) is 0.308. The first-order valence-electron chi connectivity index (χ1n) is 11.6. The molecule has 0 radical (unpaired) electrons. The first kappa shape index (κ1) is 27.9. The number of thiocarbonyl (C=S) groups is 1. The molecule has 0 saturated heterocycles. The van der Waals surface area contributed by atoms with Gasteiger partial charge >= 0.3 is 12.0 Å². The zero-order valence-electron chi connectivity index (χ0n) is 21.2. The molecule has 0 aromatic heterocycles. The topological polar surface area (TPSA) is 124 Å². The predicted octanol–water partition coefficient (Wildman–Crippen LogP) is 4.85. The molecule has 1 unspecified atom stereocenters. The number of hydrogen-bond donors (Lipinski definition) is 5. The number of carbonyl (C=O) groups is 2. The number of hydrogen-bond acceptors (Lipinski definition) is 6. The van der Waals surface area contributed by atoms with Crippen LogP contribution in [-0.4, -0.2) is 35.0 Å². The Hall–Kier alpha value is -3.63. The molecule has 0 bridgehead atoms. The number of allylic oxidation sites excluding steroid dienone is 1. The van der Waals surface area contributed by atoms with Gasteiger partial charge in [0.2, 0.25) is 0 Å². The van der Waals surface area contributed by atoms with Crippen molar-refractivity contribution in [2.75, 3.05) is 11.9 Å². The number of amides is 2. The molecule has 2 aromatic rings. The Morgan fingerprint density at radius 2 is 1.95 bits per heavy atom. The number of carbonyl (C=O) groups excluding carboxylic acids is 2. The summed E-state index contributed by atoms with van der Waals surface area (Å²) in [6, 6.07) is 9.20. The van der Waals surface area contributed by atoms with Crippen LogP contribution in [0.5, 0.6) is 5.75 Å². The van der Waals surface area contributed by atoms with Crippen LogP contribution in [0.2, 0.25) is 5.02 Å². The number of phenolic OH excluding ortho intramolecular Hbond substituents is 1. The molecule has 0 aliphatic carbocycles. The van der Waals surface area contributed by atoms with Crippen LogP contribution in [0.4, 0.5) is 10.5 Å². The zero-order valence-corrected chi connectivity index (χ0v) is 22.8. The molecule has 2 aromatic carbocycles. The highest BCUT2D eigenvalue weighted by molar-refractivity contribution is 7.80. The van der Waals surface area contributed by atoms with Gasteiger partial charge in [-0.3, -0.25) is 5.43 Å². The minimum Gasteiger partial charge on any atom is -0.507 e. The predicted molar refractivity (Wildman–Crippen MR) is 149 cm³/mol. The normalized spacial score (nSPS) is 15.7. The second kappa shape index (κ2) is 11.6. The second-order valence-corrected chi connectivity index (χ2v) is 10.2. The van der Waals surface area contributed by atoms with Gasteiger partial charge in [-0.15, -0.1) is 0 Å². The molecule has 0 fully saturated rings. The third kappa shape index (κ3) is 6.99. The number of anilines is 1. The van der Waals surface area contributed by atoms with Crippen molar-refractivity contribution in [1.82, 2.24) is 16.1 Å². The quantitative estimate of drug-likeness (QED) is 0.153. The van der Waals surface area contributed by atoms with Crippen LogP contribution in [0.25, 0.3) is 0 Å². The maximum absolute atomic E-state index is 12.8. The number of rotatable bonds is 6. The summed E-state index contributed by atoms with van der Waals surface area (Å²) < 4.78 is 5.23. The fourth-order valence-electron chi connectivity index (χ4n) is 3.79. The minimum atomic E-state index is -0.790. The highest BCUT2D eigenvalue weighted by Gasteiger charge is 2.34. The summed E-state index contributed by atoms with van der Waals surface area (Å²) in [4.78, 5) is 25.1. The lowest BCUT2D eigenvalue weighted by Crippen LogP contribution is -2.45. The largest absolute Gasteiger partial charge is 0.507 e. The molecule has 1 heterocycles. The average molecular weight is 544 g/mol. The van der Waals surface area contributed by atoms with Gasteiger partial charge in [-0.05, 0) is 73.4 Å². The Bertz CT molecular complexity index is 1270. The van der Waals surface area contributed by atoms with Gasteiger partial charge in [-0.2, -0.15) is 5.10 Å². The summed E-state index contributed by atoms with van der Waals surface area (Å²) in [6.45, 7) is 9.39. The lowest BCUT2D eigenvalue weighted by molar-refractivity contribution is -0.139. The van der Waals surface area contributed by atoms with E-state index in [0.717, 1.165) is 5.69 Å². The smallest absolute Gasteiger partial charge is 0.338 e. The molecule has 37 heavy (non-hydrogen) atoms. The van der Waals surface area contributed by atoms with Crippen molar-refractivity contribution in [2.45, 2.75) is 46.1 Å². The molecule has 1 atom stereocenters. The van der Waals surface area contributed by atoms with Crippen molar-refractivity contribution in [3.63, 3.8) is 0 Å². The van der Waals surface area contributed by atoms with E-state index in [9.17, 15) is 14.7 Å². The van der Waals surface area contributed by atoms with Crippen molar-refractivity contribution in [2.24, 2.45) is 5.10 Å². The van der Waals surface area contributed by atoms with Crippen molar-refractivity contribution in [3.8, 4) is 5.75 Å². The van der Waals surface area contributed by atoms with Gasteiger partial charge in [0, 0.05) is 27.5 Å². The molecule has 11 heteroatoms. The van der Waals surface area contributed by atoms with Crippen LogP contribution in [0.1, 0.15) is 57.4 Å². The number of halogens is 1. The third-order valence-electron chi connectivity index (χ3n) is 5.54. The van der Waals surface area contributed by atoms with E-state index in [4.69, 9.17) is 28.6 Å². The molecule has 1 aliphatic rings. The molecule has 196 valence electrons. The van der Waals surface area contributed by atoms with E-state index in [1.807, 2.05) is 20.8 Å². The van der Waals surface area contributed by atoms with Crippen LogP contribution in [0.3, 0.4) is 0 Å². The first-order valence-corrected chi connectivity index (χ1v) is 12.4. The minimum absolute atomic E-state index is 0.0250. The number of benzene rings is 2. The number of nitrogens with zero attached hydrogens (tertiary/aromatic N) is 1. The zero-order chi connectivity index (χ0) is 27.3. The van der Waals surface area contributed by atoms with Gasteiger partial charge < -0.3 is 25.8 Å². The summed E-state index contributed by atoms with van der Waals surface area (Å²) in [5, 5.41) is 24.5. The fourth-order valence-corrected chi connectivity index (χ4v) is 4.09. The molecular weight excluding hydrogens is 514 g/mol. The van der Waals surface area contributed by atoms with Gasteiger partial charge in [-0.1, -0.05) is 32.4 Å². The van der Waals surface area contributed by atoms with Crippen LogP contribution in [0, 0.1) is 0 Å². The van der Waals surface area contributed by atoms with Gasteiger partial charge in [0.1, 0.15) is 5.75 Å².